The Hall–Kier alpha value is -1.73. The molecule has 1 saturated heterocycles. The van der Waals surface area contributed by atoms with E-state index < -0.39 is 0 Å². The highest BCUT2D eigenvalue weighted by atomic mass is 35.5. The number of hydrogen-bond donors (Lipinski definition) is 3. The van der Waals surface area contributed by atoms with Gasteiger partial charge in [-0.05, 0) is 42.3 Å². The zero-order valence-corrected chi connectivity index (χ0v) is 17.5. The van der Waals surface area contributed by atoms with E-state index in [1.165, 1.54) is 0 Å². The van der Waals surface area contributed by atoms with Gasteiger partial charge < -0.3 is 10.6 Å². The van der Waals surface area contributed by atoms with Crippen molar-refractivity contribution < 1.29 is 9.59 Å². The summed E-state index contributed by atoms with van der Waals surface area (Å²) in [4.78, 5) is 27.0. The minimum Gasteiger partial charge on any atom is -0.348 e. The lowest BCUT2D eigenvalue weighted by Gasteiger charge is -2.16. The first-order valence-corrected chi connectivity index (χ1v) is 10.2. The highest BCUT2D eigenvalue weighted by Crippen LogP contribution is 2.22. The molecular weight excluding hydrogens is 417 g/mol. The first kappa shape index (κ1) is 21.0. The quantitative estimate of drug-likeness (QED) is 0.604. The van der Waals surface area contributed by atoms with Crippen molar-refractivity contribution in [1.82, 2.24) is 15.5 Å². The summed E-state index contributed by atoms with van der Waals surface area (Å²) < 4.78 is 0. The first-order valence-electron chi connectivity index (χ1n) is 8.93. The number of carbonyl (C=O) groups is 2. The number of likely N-dealkylation sites (tertiary alicyclic amines) is 1. The van der Waals surface area contributed by atoms with Crippen LogP contribution in [0.4, 0.5) is 0 Å². The van der Waals surface area contributed by atoms with Gasteiger partial charge in [-0.25, -0.2) is 0 Å². The number of thiol groups is 1. The van der Waals surface area contributed by atoms with E-state index in [0.717, 1.165) is 25.1 Å². The Bertz CT molecular complexity index is 878. The average Bonchev–Trinajstić information content (AvgIpc) is 3.12. The zero-order valence-electron chi connectivity index (χ0n) is 15.1. The van der Waals surface area contributed by atoms with Gasteiger partial charge in [0.05, 0.1) is 16.7 Å². The van der Waals surface area contributed by atoms with Gasteiger partial charge in [-0.2, -0.15) is 12.6 Å². The molecule has 2 N–H and O–H groups in total. The summed E-state index contributed by atoms with van der Waals surface area (Å²) in [5.41, 5.74) is 1.71. The fraction of sp³-hybridized carbons (Fsp3) is 0.300. The number of benzene rings is 2. The highest BCUT2D eigenvalue weighted by molar-refractivity contribution is 7.81. The summed E-state index contributed by atoms with van der Waals surface area (Å²) >= 11 is 16.3. The maximum atomic E-state index is 12.4. The van der Waals surface area contributed by atoms with Crippen molar-refractivity contribution in [2.24, 2.45) is 0 Å². The normalized spacial score (nSPS) is 16.8. The molecule has 1 heterocycles. The van der Waals surface area contributed by atoms with Gasteiger partial charge in [0.15, 0.2) is 0 Å². The molecule has 0 unspecified atom stereocenters. The summed E-state index contributed by atoms with van der Waals surface area (Å²) in [5, 5.41) is 6.98. The highest BCUT2D eigenvalue weighted by Gasteiger charge is 2.19. The Morgan fingerprint density at radius 2 is 1.75 bits per heavy atom. The third-order valence-electron chi connectivity index (χ3n) is 4.53. The van der Waals surface area contributed by atoms with Crippen LogP contribution in [0, 0.1) is 0 Å². The SMILES string of the molecule is O=C(NCc1ccc(Cl)c(Cl)c1)c1cccc(C(=O)NCN2CC[C@H](S)C2)c1. The summed E-state index contributed by atoms with van der Waals surface area (Å²) in [6, 6.07) is 11.8. The smallest absolute Gasteiger partial charge is 0.252 e. The predicted molar refractivity (Wildman–Crippen MR) is 115 cm³/mol. The van der Waals surface area contributed by atoms with Crippen LogP contribution in [0.3, 0.4) is 0 Å². The van der Waals surface area contributed by atoms with Crippen molar-refractivity contribution >= 4 is 47.6 Å². The maximum absolute atomic E-state index is 12.4. The number of rotatable bonds is 6. The second kappa shape index (κ2) is 9.65. The number of nitrogens with one attached hydrogen (secondary N) is 2. The lowest BCUT2D eigenvalue weighted by molar-refractivity contribution is 0.0930. The molecule has 1 aliphatic heterocycles. The van der Waals surface area contributed by atoms with Crippen molar-refractivity contribution in [2.45, 2.75) is 18.2 Å². The van der Waals surface area contributed by atoms with Crippen molar-refractivity contribution in [1.29, 1.82) is 0 Å². The Morgan fingerprint density at radius 3 is 2.39 bits per heavy atom. The second-order valence-corrected chi connectivity index (χ2v) is 8.24. The van der Waals surface area contributed by atoms with Gasteiger partial charge >= 0.3 is 0 Å². The molecule has 2 amide bonds. The van der Waals surface area contributed by atoms with E-state index >= 15 is 0 Å². The van der Waals surface area contributed by atoms with Crippen LogP contribution < -0.4 is 10.6 Å². The van der Waals surface area contributed by atoms with Gasteiger partial charge in [0, 0.05) is 36.0 Å². The van der Waals surface area contributed by atoms with Crippen molar-refractivity contribution in [3.05, 3.63) is 69.2 Å². The van der Waals surface area contributed by atoms with Crippen LogP contribution in [0.15, 0.2) is 42.5 Å². The molecule has 0 saturated carbocycles. The average molecular weight is 438 g/mol. The van der Waals surface area contributed by atoms with Crippen LogP contribution >= 0.6 is 35.8 Å². The van der Waals surface area contributed by atoms with Gasteiger partial charge in [0.25, 0.3) is 11.8 Å². The third kappa shape index (κ3) is 5.64. The van der Waals surface area contributed by atoms with E-state index in [0.29, 0.717) is 39.6 Å². The van der Waals surface area contributed by atoms with Crippen molar-refractivity contribution in [3.8, 4) is 0 Å². The second-order valence-electron chi connectivity index (χ2n) is 6.70. The number of carbonyl (C=O) groups excluding carboxylic acids is 2. The molecule has 0 bridgehead atoms. The monoisotopic (exact) mass is 437 g/mol. The Kier molecular flexibility index (Phi) is 7.24. The van der Waals surface area contributed by atoms with Gasteiger partial charge in [0.1, 0.15) is 0 Å². The summed E-state index contributed by atoms with van der Waals surface area (Å²) in [6.45, 7) is 2.57. The minimum absolute atomic E-state index is 0.207. The van der Waals surface area contributed by atoms with Crippen LogP contribution in [0.5, 0.6) is 0 Å². The molecule has 3 rings (SSSR count). The molecular formula is C20H21Cl2N3O2S. The molecule has 1 atom stereocenters. The molecule has 28 heavy (non-hydrogen) atoms. The van der Waals surface area contributed by atoms with Crippen LogP contribution in [0.1, 0.15) is 32.7 Å². The van der Waals surface area contributed by atoms with Crippen LogP contribution in [-0.2, 0) is 6.54 Å². The number of amides is 2. The number of nitrogens with zero attached hydrogens (tertiary/aromatic N) is 1. The first-order chi connectivity index (χ1) is 13.4. The zero-order chi connectivity index (χ0) is 20.1. The van der Waals surface area contributed by atoms with E-state index in [4.69, 9.17) is 23.2 Å². The fourth-order valence-corrected chi connectivity index (χ4v) is 3.64. The molecule has 0 aliphatic carbocycles. The topological polar surface area (TPSA) is 61.4 Å². The lowest BCUT2D eigenvalue weighted by Crippen LogP contribution is -2.36. The Morgan fingerprint density at radius 1 is 1.04 bits per heavy atom. The largest absolute Gasteiger partial charge is 0.348 e. The minimum atomic E-state index is -0.266. The number of hydrogen-bond acceptors (Lipinski definition) is 4. The molecule has 1 aliphatic rings. The molecule has 1 fully saturated rings. The van der Waals surface area contributed by atoms with Gasteiger partial charge in [-0.15, -0.1) is 0 Å². The van der Waals surface area contributed by atoms with E-state index in [9.17, 15) is 9.59 Å². The summed E-state index contributed by atoms with van der Waals surface area (Å²) in [5.74, 6) is -0.472. The van der Waals surface area contributed by atoms with E-state index in [1.807, 2.05) is 0 Å². The maximum Gasteiger partial charge on any atom is 0.252 e. The molecule has 148 valence electrons. The molecule has 2 aromatic rings. The van der Waals surface area contributed by atoms with Crippen molar-refractivity contribution in [3.63, 3.8) is 0 Å². The fourth-order valence-electron chi connectivity index (χ4n) is 2.98. The third-order valence-corrected chi connectivity index (χ3v) is 5.70. The molecule has 0 aromatic heterocycles. The summed E-state index contributed by atoms with van der Waals surface area (Å²) in [6.07, 6.45) is 1.02. The van der Waals surface area contributed by atoms with Crippen LogP contribution in [-0.4, -0.2) is 41.7 Å². The van der Waals surface area contributed by atoms with Crippen LogP contribution in [0.2, 0.25) is 10.0 Å². The standard InChI is InChI=1S/C20H21Cl2N3O2S/c21-17-5-4-13(8-18(17)22)10-23-19(26)14-2-1-3-15(9-14)20(27)24-12-25-7-6-16(28)11-25/h1-5,8-9,16,28H,6-7,10-12H2,(H,23,26)(H,24,27)/t16-/m0/s1. The molecule has 0 radical (unpaired) electrons. The van der Waals surface area contributed by atoms with Gasteiger partial charge in [-0.1, -0.05) is 35.3 Å². The van der Waals surface area contributed by atoms with Crippen molar-refractivity contribution in [2.75, 3.05) is 19.8 Å². The van der Waals surface area contributed by atoms with Crippen LogP contribution in [0.25, 0.3) is 0 Å². The Balaban J connectivity index is 1.56. The van der Waals surface area contributed by atoms with Gasteiger partial charge in [0.2, 0.25) is 0 Å². The Labute approximate surface area is 179 Å². The van der Waals surface area contributed by atoms with Gasteiger partial charge in [-0.3, -0.25) is 14.5 Å². The number of halogens is 2. The molecule has 0 spiro atoms. The van der Waals surface area contributed by atoms with E-state index in [-0.39, 0.29) is 11.8 Å². The van der Waals surface area contributed by atoms with E-state index in [2.05, 4.69) is 28.2 Å². The molecule has 8 heteroatoms. The predicted octanol–water partition coefficient (Wildman–Crippen LogP) is 3.61. The summed E-state index contributed by atoms with van der Waals surface area (Å²) in [7, 11) is 0. The molecule has 2 aromatic carbocycles. The molecule has 5 nitrogen and oxygen atoms in total. The lowest BCUT2D eigenvalue weighted by atomic mass is 10.1. The van der Waals surface area contributed by atoms with E-state index in [1.54, 1.807) is 42.5 Å².